The fourth-order valence-electron chi connectivity index (χ4n) is 1.12. The average molecular weight is 250 g/mol. The SMILES string of the molecule is COC(=O)[C@H](C)n1nc(C(F)(F)F)ccc1=O. The minimum absolute atomic E-state index is 0.439. The van der Waals surface area contributed by atoms with Crippen LogP contribution in [0.15, 0.2) is 16.9 Å². The van der Waals surface area contributed by atoms with Crippen LogP contribution in [0.4, 0.5) is 13.2 Å². The molecule has 0 aliphatic carbocycles. The molecule has 0 aromatic carbocycles. The fraction of sp³-hybridized carbons (Fsp3) is 0.444. The Morgan fingerprint density at radius 1 is 1.47 bits per heavy atom. The minimum atomic E-state index is -4.68. The van der Waals surface area contributed by atoms with E-state index in [0.29, 0.717) is 16.8 Å². The molecule has 1 atom stereocenters. The maximum atomic E-state index is 12.4. The van der Waals surface area contributed by atoms with Gasteiger partial charge in [-0.2, -0.15) is 18.3 Å². The zero-order valence-corrected chi connectivity index (χ0v) is 8.99. The predicted molar refractivity (Wildman–Crippen MR) is 50.2 cm³/mol. The number of nitrogens with zero attached hydrogens (tertiary/aromatic N) is 2. The Labute approximate surface area is 93.8 Å². The monoisotopic (exact) mass is 250 g/mol. The van der Waals surface area contributed by atoms with Gasteiger partial charge in [0.15, 0.2) is 11.7 Å². The van der Waals surface area contributed by atoms with Crippen LogP contribution in [0.5, 0.6) is 0 Å². The summed E-state index contributed by atoms with van der Waals surface area (Å²) in [6, 6.07) is 0.0489. The minimum Gasteiger partial charge on any atom is -0.467 e. The Morgan fingerprint density at radius 3 is 2.53 bits per heavy atom. The summed E-state index contributed by atoms with van der Waals surface area (Å²) in [6.07, 6.45) is -4.68. The van der Waals surface area contributed by atoms with Gasteiger partial charge in [-0.1, -0.05) is 0 Å². The van der Waals surface area contributed by atoms with Crippen LogP contribution >= 0.6 is 0 Å². The summed E-state index contributed by atoms with van der Waals surface area (Å²) in [5.74, 6) is -0.848. The van der Waals surface area contributed by atoms with Gasteiger partial charge in [0.05, 0.1) is 7.11 Å². The van der Waals surface area contributed by atoms with Gasteiger partial charge in [0.2, 0.25) is 0 Å². The van der Waals surface area contributed by atoms with Crippen molar-refractivity contribution in [3.63, 3.8) is 0 Å². The molecular weight excluding hydrogens is 241 g/mol. The van der Waals surface area contributed by atoms with E-state index in [1.165, 1.54) is 6.92 Å². The van der Waals surface area contributed by atoms with Gasteiger partial charge in [0.1, 0.15) is 0 Å². The molecule has 0 fully saturated rings. The van der Waals surface area contributed by atoms with Crippen molar-refractivity contribution in [1.82, 2.24) is 9.78 Å². The predicted octanol–water partition coefficient (Wildman–Crippen LogP) is 0.996. The third kappa shape index (κ3) is 2.83. The van der Waals surface area contributed by atoms with Gasteiger partial charge in [-0.3, -0.25) is 4.79 Å². The fourth-order valence-corrected chi connectivity index (χ4v) is 1.12. The molecule has 0 aliphatic rings. The van der Waals surface area contributed by atoms with Gasteiger partial charge in [-0.25, -0.2) is 9.48 Å². The standard InChI is InChI=1S/C9H9F3N2O3/c1-5(8(16)17-2)14-7(15)4-3-6(13-14)9(10,11)12/h3-5H,1-2H3/t5-/m0/s1. The molecule has 0 bridgehead atoms. The van der Waals surface area contributed by atoms with E-state index < -0.39 is 29.4 Å². The van der Waals surface area contributed by atoms with Crippen LogP contribution in [0.2, 0.25) is 0 Å². The molecular formula is C9H9F3N2O3. The lowest BCUT2D eigenvalue weighted by molar-refractivity contribution is -0.147. The second-order valence-corrected chi connectivity index (χ2v) is 3.20. The van der Waals surface area contributed by atoms with Crippen LogP contribution in [0.25, 0.3) is 0 Å². The van der Waals surface area contributed by atoms with Gasteiger partial charge in [-0.15, -0.1) is 0 Å². The molecule has 0 saturated heterocycles. The van der Waals surface area contributed by atoms with Gasteiger partial charge >= 0.3 is 12.1 Å². The number of hydrogen-bond donors (Lipinski definition) is 0. The molecule has 0 amide bonds. The number of carbonyl (C=O) groups is 1. The first kappa shape index (κ1) is 13.2. The van der Waals surface area contributed by atoms with Crippen LogP contribution in [0.3, 0.4) is 0 Å². The summed E-state index contributed by atoms with van der Waals surface area (Å²) in [5, 5.41) is 3.09. The van der Waals surface area contributed by atoms with Crippen molar-refractivity contribution in [2.24, 2.45) is 0 Å². The van der Waals surface area contributed by atoms with E-state index in [9.17, 15) is 22.8 Å². The average Bonchev–Trinajstić information content (AvgIpc) is 2.26. The largest absolute Gasteiger partial charge is 0.467 e. The second kappa shape index (κ2) is 4.56. The van der Waals surface area contributed by atoms with Crippen molar-refractivity contribution in [2.45, 2.75) is 19.1 Å². The molecule has 0 saturated carbocycles. The van der Waals surface area contributed by atoms with Crippen molar-refractivity contribution in [3.05, 3.63) is 28.2 Å². The van der Waals surface area contributed by atoms with Gasteiger partial charge < -0.3 is 4.74 Å². The summed E-state index contributed by atoms with van der Waals surface area (Å²) in [5.41, 5.74) is -2.05. The highest BCUT2D eigenvalue weighted by Gasteiger charge is 2.34. The highest BCUT2D eigenvalue weighted by molar-refractivity contribution is 5.73. The first-order valence-corrected chi connectivity index (χ1v) is 4.52. The van der Waals surface area contributed by atoms with E-state index in [1.807, 2.05) is 0 Å². The summed E-state index contributed by atoms with van der Waals surface area (Å²) in [7, 11) is 1.07. The number of rotatable bonds is 2. The molecule has 0 N–H and O–H groups in total. The molecule has 1 aromatic heterocycles. The quantitative estimate of drug-likeness (QED) is 0.734. The molecule has 0 radical (unpaired) electrons. The molecule has 0 spiro atoms. The Morgan fingerprint density at radius 2 is 2.06 bits per heavy atom. The van der Waals surface area contributed by atoms with E-state index in [4.69, 9.17) is 0 Å². The Hall–Kier alpha value is -1.86. The van der Waals surface area contributed by atoms with Gasteiger partial charge in [0, 0.05) is 6.07 Å². The van der Waals surface area contributed by atoms with E-state index in [1.54, 1.807) is 0 Å². The summed E-state index contributed by atoms with van der Waals surface area (Å²) in [4.78, 5) is 22.4. The van der Waals surface area contributed by atoms with E-state index >= 15 is 0 Å². The van der Waals surface area contributed by atoms with Gasteiger partial charge in [-0.05, 0) is 13.0 Å². The lowest BCUT2D eigenvalue weighted by atomic mass is 10.3. The maximum Gasteiger partial charge on any atom is 0.435 e. The van der Waals surface area contributed by atoms with Gasteiger partial charge in [0.25, 0.3) is 5.56 Å². The third-order valence-electron chi connectivity index (χ3n) is 2.02. The van der Waals surface area contributed by atoms with Crippen molar-refractivity contribution < 1.29 is 22.7 Å². The highest BCUT2D eigenvalue weighted by Crippen LogP contribution is 2.26. The molecule has 8 heteroatoms. The Bertz CT molecular complexity index is 481. The summed E-state index contributed by atoms with van der Waals surface area (Å²) < 4.78 is 41.8. The van der Waals surface area contributed by atoms with Crippen molar-refractivity contribution >= 4 is 5.97 Å². The number of alkyl halides is 3. The zero-order valence-electron chi connectivity index (χ0n) is 8.99. The van der Waals surface area contributed by atoms with Crippen molar-refractivity contribution in [1.29, 1.82) is 0 Å². The number of methoxy groups -OCH3 is 1. The van der Waals surface area contributed by atoms with Crippen LogP contribution < -0.4 is 5.56 Å². The Kier molecular flexibility index (Phi) is 3.54. The smallest absolute Gasteiger partial charge is 0.435 e. The van der Waals surface area contributed by atoms with Crippen molar-refractivity contribution in [2.75, 3.05) is 7.11 Å². The van der Waals surface area contributed by atoms with E-state index in [0.717, 1.165) is 7.11 Å². The maximum absolute atomic E-state index is 12.4. The number of hydrogen-bond acceptors (Lipinski definition) is 4. The Balaban J connectivity index is 3.25. The normalized spacial score (nSPS) is 13.2. The highest BCUT2D eigenvalue weighted by atomic mass is 19.4. The van der Waals surface area contributed by atoms with E-state index in [2.05, 4.69) is 9.84 Å². The number of aromatic nitrogens is 2. The summed E-state index contributed by atoms with van der Waals surface area (Å²) in [6.45, 7) is 1.22. The molecule has 1 heterocycles. The number of esters is 1. The topological polar surface area (TPSA) is 61.2 Å². The van der Waals surface area contributed by atoms with Crippen LogP contribution in [-0.4, -0.2) is 22.9 Å². The lowest BCUT2D eigenvalue weighted by Gasteiger charge is -2.13. The second-order valence-electron chi connectivity index (χ2n) is 3.20. The van der Waals surface area contributed by atoms with Crippen molar-refractivity contribution in [3.8, 4) is 0 Å². The molecule has 5 nitrogen and oxygen atoms in total. The lowest BCUT2D eigenvalue weighted by Crippen LogP contribution is -2.32. The molecule has 0 aliphatic heterocycles. The molecule has 1 rings (SSSR count). The molecule has 17 heavy (non-hydrogen) atoms. The van der Waals surface area contributed by atoms with Crippen LogP contribution in [0.1, 0.15) is 18.7 Å². The number of ether oxygens (including phenoxy) is 1. The molecule has 94 valence electrons. The van der Waals surface area contributed by atoms with E-state index in [-0.39, 0.29) is 0 Å². The van der Waals surface area contributed by atoms with Crippen LogP contribution in [0, 0.1) is 0 Å². The first-order chi connectivity index (χ1) is 7.77. The number of carbonyl (C=O) groups excluding carboxylic acids is 1. The summed E-state index contributed by atoms with van der Waals surface area (Å²) >= 11 is 0. The number of halogens is 3. The van der Waals surface area contributed by atoms with Crippen LogP contribution in [-0.2, 0) is 15.7 Å². The third-order valence-corrected chi connectivity index (χ3v) is 2.02. The molecule has 1 aromatic rings. The zero-order chi connectivity index (χ0) is 13.2. The first-order valence-electron chi connectivity index (χ1n) is 4.52. The molecule has 0 unspecified atom stereocenters.